The van der Waals surface area contributed by atoms with E-state index < -0.39 is 0 Å². The van der Waals surface area contributed by atoms with Crippen LogP contribution in [0.1, 0.15) is 27.7 Å². The number of aliphatic imine (C=N–C) groups is 1. The van der Waals surface area contributed by atoms with E-state index in [-0.39, 0.29) is 0 Å². The Hall–Kier alpha value is -0.790. The maximum atomic E-state index is 5.46. The van der Waals surface area contributed by atoms with Crippen molar-refractivity contribution in [3.05, 3.63) is 11.6 Å². The van der Waals surface area contributed by atoms with E-state index in [0.717, 1.165) is 18.1 Å². The van der Waals surface area contributed by atoms with Gasteiger partial charge in [0, 0.05) is 5.57 Å². The van der Waals surface area contributed by atoms with E-state index in [1.165, 1.54) is 0 Å². The summed E-state index contributed by atoms with van der Waals surface area (Å²) < 4.78 is 5.46. The van der Waals surface area contributed by atoms with E-state index in [9.17, 15) is 0 Å². The Morgan fingerprint density at radius 3 is 2.75 bits per heavy atom. The highest BCUT2D eigenvalue weighted by Crippen LogP contribution is 2.16. The molecule has 0 aromatic heterocycles. The van der Waals surface area contributed by atoms with Crippen LogP contribution in [0, 0.1) is 5.92 Å². The number of ether oxygens (including phenoxy) is 1. The smallest absolute Gasteiger partial charge is 0.211 e. The van der Waals surface area contributed by atoms with Crippen molar-refractivity contribution in [3.63, 3.8) is 0 Å². The normalized spacial score (nSPS) is 24.2. The molecule has 0 saturated heterocycles. The summed E-state index contributed by atoms with van der Waals surface area (Å²) in [5, 5.41) is 0. The van der Waals surface area contributed by atoms with Crippen molar-refractivity contribution in [1.29, 1.82) is 0 Å². The SMILES string of the molecule is C/C=C(/C)C1=NC(C(C)C)CO1. The quantitative estimate of drug-likeness (QED) is 0.619. The van der Waals surface area contributed by atoms with Crippen LogP contribution in [0.15, 0.2) is 16.6 Å². The molecule has 2 heteroatoms. The van der Waals surface area contributed by atoms with Crippen molar-refractivity contribution in [2.45, 2.75) is 33.7 Å². The first-order valence-corrected chi connectivity index (χ1v) is 4.49. The first-order valence-electron chi connectivity index (χ1n) is 4.49. The van der Waals surface area contributed by atoms with Crippen LogP contribution in [0.3, 0.4) is 0 Å². The van der Waals surface area contributed by atoms with E-state index in [0.29, 0.717) is 12.0 Å². The summed E-state index contributed by atoms with van der Waals surface area (Å²) in [5.41, 5.74) is 1.14. The summed E-state index contributed by atoms with van der Waals surface area (Å²) in [7, 11) is 0. The molecule has 1 heterocycles. The molecular formula is C10H17NO. The first-order chi connectivity index (χ1) is 5.65. The second-order valence-corrected chi connectivity index (χ2v) is 3.53. The van der Waals surface area contributed by atoms with Gasteiger partial charge in [-0.1, -0.05) is 19.9 Å². The van der Waals surface area contributed by atoms with Crippen molar-refractivity contribution in [3.8, 4) is 0 Å². The molecule has 1 unspecified atom stereocenters. The molecule has 0 fully saturated rings. The Morgan fingerprint density at radius 1 is 1.67 bits per heavy atom. The third kappa shape index (κ3) is 1.87. The fraction of sp³-hybridized carbons (Fsp3) is 0.700. The highest BCUT2D eigenvalue weighted by molar-refractivity contribution is 5.93. The zero-order valence-electron chi connectivity index (χ0n) is 8.29. The zero-order valence-corrected chi connectivity index (χ0v) is 8.29. The third-order valence-corrected chi connectivity index (χ3v) is 2.21. The van der Waals surface area contributed by atoms with E-state index >= 15 is 0 Å². The molecule has 0 N–H and O–H groups in total. The lowest BCUT2D eigenvalue weighted by Gasteiger charge is -2.06. The van der Waals surface area contributed by atoms with Gasteiger partial charge in [-0.25, -0.2) is 4.99 Å². The summed E-state index contributed by atoms with van der Waals surface area (Å²) in [6.45, 7) is 9.13. The van der Waals surface area contributed by atoms with Crippen molar-refractivity contribution in [1.82, 2.24) is 0 Å². The Balaban J connectivity index is 2.66. The topological polar surface area (TPSA) is 21.6 Å². The van der Waals surface area contributed by atoms with Gasteiger partial charge in [0.2, 0.25) is 5.90 Å². The van der Waals surface area contributed by atoms with Crippen LogP contribution in [-0.4, -0.2) is 18.5 Å². The number of nitrogens with zero attached hydrogens (tertiary/aromatic N) is 1. The van der Waals surface area contributed by atoms with Gasteiger partial charge in [-0.15, -0.1) is 0 Å². The minimum absolute atomic E-state index is 0.356. The van der Waals surface area contributed by atoms with Crippen molar-refractivity contribution in [2.75, 3.05) is 6.61 Å². The standard InChI is InChI=1S/C10H17NO/c1-5-8(4)10-11-9(6-12-10)7(2)3/h5,7,9H,6H2,1-4H3/b8-5-. The fourth-order valence-corrected chi connectivity index (χ4v) is 1.07. The van der Waals surface area contributed by atoms with Gasteiger partial charge in [0.15, 0.2) is 0 Å². The van der Waals surface area contributed by atoms with Crippen molar-refractivity contribution < 1.29 is 4.74 Å². The van der Waals surface area contributed by atoms with Gasteiger partial charge in [0.05, 0.1) is 6.04 Å². The number of allylic oxidation sites excluding steroid dienone is 1. The Morgan fingerprint density at radius 2 is 2.33 bits per heavy atom. The minimum atomic E-state index is 0.356. The van der Waals surface area contributed by atoms with Crippen LogP contribution in [0.5, 0.6) is 0 Å². The molecule has 0 amide bonds. The van der Waals surface area contributed by atoms with Gasteiger partial charge in [-0.2, -0.15) is 0 Å². The van der Waals surface area contributed by atoms with Gasteiger partial charge in [0.25, 0.3) is 0 Å². The van der Waals surface area contributed by atoms with Crippen LogP contribution in [-0.2, 0) is 4.74 Å². The average molecular weight is 167 g/mol. The van der Waals surface area contributed by atoms with Crippen LogP contribution in [0.25, 0.3) is 0 Å². The maximum absolute atomic E-state index is 5.46. The molecular weight excluding hydrogens is 150 g/mol. The lowest BCUT2D eigenvalue weighted by Crippen LogP contribution is -2.13. The lowest BCUT2D eigenvalue weighted by atomic mass is 10.1. The van der Waals surface area contributed by atoms with E-state index in [4.69, 9.17) is 4.74 Å². The molecule has 1 aliphatic rings. The van der Waals surface area contributed by atoms with Crippen molar-refractivity contribution in [2.24, 2.45) is 10.9 Å². The molecule has 0 radical (unpaired) electrons. The second kappa shape index (κ2) is 3.74. The highest BCUT2D eigenvalue weighted by atomic mass is 16.5. The minimum Gasteiger partial charge on any atom is -0.475 e. The van der Waals surface area contributed by atoms with Gasteiger partial charge in [-0.05, 0) is 19.8 Å². The second-order valence-electron chi connectivity index (χ2n) is 3.53. The van der Waals surface area contributed by atoms with Gasteiger partial charge in [-0.3, -0.25) is 0 Å². The summed E-state index contributed by atoms with van der Waals surface area (Å²) in [6, 6.07) is 0.356. The van der Waals surface area contributed by atoms with Gasteiger partial charge < -0.3 is 4.74 Å². The summed E-state index contributed by atoms with van der Waals surface area (Å²) in [6.07, 6.45) is 2.03. The molecule has 12 heavy (non-hydrogen) atoms. The van der Waals surface area contributed by atoms with Crippen LogP contribution >= 0.6 is 0 Å². The Kier molecular flexibility index (Phi) is 2.90. The van der Waals surface area contributed by atoms with E-state index in [2.05, 4.69) is 18.8 Å². The average Bonchev–Trinajstić information content (AvgIpc) is 2.51. The summed E-state index contributed by atoms with van der Waals surface area (Å²) in [4.78, 5) is 4.48. The number of rotatable bonds is 2. The first kappa shape index (κ1) is 9.30. The fourth-order valence-electron chi connectivity index (χ4n) is 1.07. The molecule has 0 saturated carbocycles. The summed E-state index contributed by atoms with van der Waals surface area (Å²) in [5.74, 6) is 1.41. The molecule has 2 nitrogen and oxygen atoms in total. The lowest BCUT2D eigenvalue weighted by molar-refractivity contribution is 0.291. The molecule has 0 aromatic carbocycles. The van der Waals surface area contributed by atoms with Crippen LogP contribution in [0.2, 0.25) is 0 Å². The van der Waals surface area contributed by atoms with E-state index in [1.807, 2.05) is 19.9 Å². The number of hydrogen-bond acceptors (Lipinski definition) is 2. The predicted octanol–water partition coefficient (Wildman–Crippen LogP) is 2.41. The largest absolute Gasteiger partial charge is 0.475 e. The molecule has 1 atom stereocenters. The van der Waals surface area contributed by atoms with Crippen LogP contribution < -0.4 is 0 Å². The third-order valence-electron chi connectivity index (χ3n) is 2.21. The number of hydrogen-bond donors (Lipinski definition) is 0. The molecule has 1 rings (SSSR count). The molecule has 1 aliphatic heterocycles. The van der Waals surface area contributed by atoms with E-state index in [1.54, 1.807) is 0 Å². The predicted molar refractivity (Wildman–Crippen MR) is 51.4 cm³/mol. The highest BCUT2D eigenvalue weighted by Gasteiger charge is 2.21. The Bertz CT molecular complexity index is 216. The molecule has 0 bridgehead atoms. The molecule has 0 aromatic rings. The van der Waals surface area contributed by atoms with Gasteiger partial charge >= 0.3 is 0 Å². The molecule has 0 spiro atoms. The molecule has 68 valence electrons. The maximum Gasteiger partial charge on any atom is 0.211 e. The van der Waals surface area contributed by atoms with Crippen LogP contribution in [0.4, 0.5) is 0 Å². The zero-order chi connectivity index (χ0) is 9.14. The Labute approximate surface area is 74.3 Å². The monoisotopic (exact) mass is 167 g/mol. The summed E-state index contributed by atoms with van der Waals surface area (Å²) >= 11 is 0. The van der Waals surface area contributed by atoms with Gasteiger partial charge in [0.1, 0.15) is 6.61 Å². The molecule has 0 aliphatic carbocycles. The van der Waals surface area contributed by atoms with Crippen molar-refractivity contribution >= 4 is 5.90 Å².